The highest BCUT2D eigenvalue weighted by atomic mass is 19.1. The van der Waals surface area contributed by atoms with Crippen LogP contribution in [0.15, 0.2) is 24.3 Å². The van der Waals surface area contributed by atoms with Crippen molar-refractivity contribution in [2.45, 2.75) is 32.2 Å². The maximum atomic E-state index is 14.0. The molecule has 126 valence electrons. The number of rotatable bonds is 2. The van der Waals surface area contributed by atoms with Crippen molar-refractivity contribution in [1.82, 2.24) is 4.90 Å². The summed E-state index contributed by atoms with van der Waals surface area (Å²) in [4.78, 5) is 26.1. The highest BCUT2D eigenvalue weighted by Gasteiger charge is 2.39. The topological polar surface area (TPSA) is 57.6 Å². The number of aromatic carboxylic acids is 1. The van der Waals surface area contributed by atoms with Gasteiger partial charge in [0.2, 0.25) is 5.91 Å². The van der Waals surface area contributed by atoms with E-state index in [2.05, 4.69) is 12.2 Å². The molecule has 1 aliphatic heterocycles. The minimum Gasteiger partial charge on any atom is -0.478 e. The maximum Gasteiger partial charge on any atom is 0.336 e. The van der Waals surface area contributed by atoms with Crippen molar-refractivity contribution in [2.24, 2.45) is 17.8 Å². The Morgan fingerprint density at radius 3 is 2.62 bits per heavy atom. The lowest BCUT2D eigenvalue weighted by Gasteiger charge is -2.40. The molecule has 0 unspecified atom stereocenters. The summed E-state index contributed by atoms with van der Waals surface area (Å²) in [5.41, 5.74) is 1.01. The zero-order valence-corrected chi connectivity index (χ0v) is 13.4. The second-order valence-electron chi connectivity index (χ2n) is 7.10. The lowest BCUT2D eigenvalue weighted by Crippen LogP contribution is -2.45. The van der Waals surface area contributed by atoms with Crippen LogP contribution in [0.1, 0.15) is 40.7 Å². The minimum absolute atomic E-state index is 0.00265. The maximum absolute atomic E-state index is 14.0. The Morgan fingerprint density at radius 2 is 2.00 bits per heavy atom. The van der Waals surface area contributed by atoms with Crippen molar-refractivity contribution >= 4 is 11.9 Å². The van der Waals surface area contributed by atoms with Crippen molar-refractivity contribution in [3.8, 4) is 0 Å². The van der Waals surface area contributed by atoms with Crippen LogP contribution in [0.5, 0.6) is 0 Å². The Labute approximate surface area is 140 Å². The molecular weight excluding hydrogens is 309 g/mol. The largest absolute Gasteiger partial charge is 0.478 e. The first-order valence-electron chi connectivity index (χ1n) is 8.55. The molecule has 3 aliphatic carbocycles. The van der Waals surface area contributed by atoms with Gasteiger partial charge in [-0.1, -0.05) is 12.2 Å². The van der Waals surface area contributed by atoms with Crippen LogP contribution in [0, 0.1) is 23.6 Å². The van der Waals surface area contributed by atoms with Crippen molar-refractivity contribution in [3.05, 3.63) is 46.8 Å². The van der Waals surface area contributed by atoms with E-state index in [1.807, 2.05) is 0 Å². The van der Waals surface area contributed by atoms with Gasteiger partial charge in [-0.3, -0.25) is 4.79 Å². The van der Waals surface area contributed by atoms with Gasteiger partial charge in [0.1, 0.15) is 5.82 Å². The van der Waals surface area contributed by atoms with Crippen LogP contribution in [-0.2, 0) is 17.8 Å². The van der Waals surface area contributed by atoms with Gasteiger partial charge in [0, 0.05) is 19.0 Å². The Balaban J connectivity index is 1.60. The molecule has 1 N–H and O–H groups in total. The molecule has 0 radical (unpaired) electrons. The first-order chi connectivity index (χ1) is 11.5. The SMILES string of the molecule is O=C(O)c1ccc(F)c2c1CN(C(=O)[C@H]1C[C@H]3C=C[C@@H]1CC3)CC2. The molecule has 1 heterocycles. The lowest BCUT2D eigenvalue weighted by molar-refractivity contribution is -0.139. The Bertz CT molecular complexity index is 742. The Morgan fingerprint density at radius 1 is 1.17 bits per heavy atom. The molecule has 4 aliphatic rings. The van der Waals surface area contributed by atoms with Crippen molar-refractivity contribution in [1.29, 1.82) is 0 Å². The van der Waals surface area contributed by atoms with Crippen LogP contribution in [0.25, 0.3) is 0 Å². The van der Waals surface area contributed by atoms with E-state index in [-0.39, 0.29) is 29.8 Å². The number of carboxylic acid groups (broad SMARTS) is 1. The molecule has 1 saturated carbocycles. The van der Waals surface area contributed by atoms with Gasteiger partial charge in [0.05, 0.1) is 5.56 Å². The average Bonchev–Trinajstić information content (AvgIpc) is 2.61. The van der Waals surface area contributed by atoms with Gasteiger partial charge in [-0.05, 0) is 60.8 Å². The molecule has 0 saturated heterocycles. The third-order valence-corrected chi connectivity index (χ3v) is 5.79. The van der Waals surface area contributed by atoms with E-state index in [9.17, 15) is 19.1 Å². The summed E-state index contributed by atoms with van der Waals surface area (Å²) >= 11 is 0. The number of carbonyl (C=O) groups is 2. The van der Waals surface area contributed by atoms with E-state index in [0.29, 0.717) is 35.9 Å². The predicted octanol–water partition coefficient (Wildman–Crippen LogP) is 3.01. The van der Waals surface area contributed by atoms with Gasteiger partial charge in [-0.25, -0.2) is 9.18 Å². The molecule has 3 atom stereocenters. The molecule has 1 aromatic rings. The molecule has 0 spiro atoms. The zero-order chi connectivity index (χ0) is 16.8. The second kappa shape index (κ2) is 5.72. The number of nitrogens with zero attached hydrogens (tertiary/aromatic N) is 1. The van der Waals surface area contributed by atoms with Gasteiger partial charge in [0.25, 0.3) is 0 Å². The van der Waals surface area contributed by atoms with Crippen LogP contribution in [0.2, 0.25) is 0 Å². The number of hydrogen-bond donors (Lipinski definition) is 1. The number of halogens is 1. The Hall–Kier alpha value is -2.17. The average molecular weight is 329 g/mol. The van der Waals surface area contributed by atoms with Crippen LogP contribution in [0.4, 0.5) is 4.39 Å². The van der Waals surface area contributed by atoms with Gasteiger partial charge in [-0.2, -0.15) is 0 Å². The summed E-state index contributed by atoms with van der Waals surface area (Å²) in [7, 11) is 0. The molecule has 2 bridgehead atoms. The number of allylic oxidation sites excluding steroid dienone is 2. The van der Waals surface area contributed by atoms with E-state index in [0.717, 1.165) is 19.3 Å². The predicted molar refractivity (Wildman–Crippen MR) is 85.9 cm³/mol. The van der Waals surface area contributed by atoms with E-state index in [1.54, 1.807) is 4.90 Å². The molecule has 5 rings (SSSR count). The third-order valence-electron chi connectivity index (χ3n) is 5.79. The number of carbonyl (C=O) groups excluding carboxylic acids is 1. The van der Waals surface area contributed by atoms with E-state index >= 15 is 0 Å². The van der Waals surface area contributed by atoms with Crippen LogP contribution < -0.4 is 0 Å². The van der Waals surface area contributed by atoms with Crippen molar-refractivity contribution in [3.63, 3.8) is 0 Å². The highest BCUT2D eigenvalue weighted by molar-refractivity contribution is 5.90. The third kappa shape index (κ3) is 2.43. The number of carboxylic acids is 1. The molecule has 4 nitrogen and oxygen atoms in total. The first kappa shape index (κ1) is 15.4. The second-order valence-corrected chi connectivity index (χ2v) is 7.10. The van der Waals surface area contributed by atoms with E-state index in [4.69, 9.17) is 0 Å². The van der Waals surface area contributed by atoms with Crippen molar-refractivity contribution < 1.29 is 19.1 Å². The fourth-order valence-corrected chi connectivity index (χ4v) is 4.47. The fraction of sp³-hybridized carbons (Fsp3) is 0.474. The van der Waals surface area contributed by atoms with Gasteiger partial charge in [0.15, 0.2) is 0 Å². The standard InChI is InChI=1S/C19H20FNO3/c20-17-6-5-14(19(23)24)16-10-21(8-7-13(16)17)18(22)15-9-11-1-3-12(15)4-2-11/h1,3,5-6,11-12,15H,2,4,7-10H2,(H,23,24)/t11-,12+,15-/m0/s1. The number of hydrogen-bond acceptors (Lipinski definition) is 2. The molecule has 1 fully saturated rings. The van der Waals surface area contributed by atoms with Gasteiger partial charge in [-0.15, -0.1) is 0 Å². The van der Waals surface area contributed by atoms with Gasteiger partial charge < -0.3 is 10.0 Å². The fourth-order valence-electron chi connectivity index (χ4n) is 4.47. The molecule has 1 amide bonds. The van der Waals surface area contributed by atoms with Crippen LogP contribution >= 0.6 is 0 Å². The van der Waals surface area contributed by atoms with Crippen LogP contribution in [-0.4, -0.2) is 28.4 Å². The summed E-state index contributed by atoms with van der Waals surface area (Å²) in [5.74, 6) is -0.553. The minimum atomic E-state index is -1.07. The smallest absolute Gasteiger partial charge is 0.336 e. The molecule has 24 heavy (non-hydrogen) atoms. The highest BCUT2D eigenvalue weighted by Crippen LogP contribution is 2.41. The first-order valence-corrected chi connectivity index (χ1v) is 8.55. The summed E-state index contributed by atoms with van der Waals surface area (Å²) in [6.07, 6.45) is 7.87. The molecular formula is C19H20FNO3. The molecule has 5 heteroatoms. The monoisotopic (exact) mass is 329 g/mol. The summed E-state index contributed by atoms with van der Waals surface area (Å²) < 4.78 is 14.0. The zero-order valence-electron chi connectivity index (χ0n) is 13.4. The quantitative estimate of drug-likeness (QED) is 0.849. The van der Waals surface area contributed by atoms with Gasteiger partial charge >= 0.3 is 5.97 Å². The number of amides is 1. The van der Waals surface area contributed by atoms with Crippen LogP contribution in [0.3, 0.4) is 0 Å². The lowest BCUT2D eigenvalue weighted by atomic mass is 9.68. The molecule has 1 aromatic carbocycles. The molecule has 0 aromatic heterocycles. The summed E-state index contributed by atoms with van der Waals surface area (Å²) in [5, 5.41) is 9.36. The number of benzene rings is 1. The number of fused-ring (bicyclic) bond motifs is 3. The van der Waals surface area contributed by atoms with E-state index < -0.39 is 5.97 Å². The Kier molecular flexibility index (Phi) is 3.66. The van der Waals surface area contributed by atoms with E-state index in [1.165, 1.54) is 12.1 Å². The summed E-state index contributed by atoms with van der Waals surface area (Å²) in [6.45, 7) is 0.661. The normalized spacial score (nSPS) is 27.9. The summed E-state index contributed by atoms with van der Waals surface area (Å²) in [6, 6.07) is 2.51. The van der Waals surface area contributed by atoms with Crippen molar-refractivity contribution in [2.75, 3.05) is 6.54 Å².